The predicted molar refractivity (Wildman–Crippen MR) is 233 cm³/mol. The first-order chi connectivity index (χ1) is 28.0. The lowest BCUT2D eigenvalue weighted by Gasteiger charge is -2.18. The Morgan fingerprint density at radius 1 is 0.246 bits per heavy atom. The van der Waals surface area contributed by atoms with E-state index in [1.165, 1.54) is 0 Å². The summed E-state index contributed by atoms with van der Waals surface area (Å²) < 4.78 is 0. The van der Waals surface area contributed by atoms with Crippen LogP contribution in [0.15, 0.2) is 164 Å². The second-order valence-electron chi connectivity index (χ2n) is 14.5. The molecule has 0 aliphatic heterocycles. The molecule has 0 saturated heterocycles. The summed E-state index contributed by atoms with van der Waals surface area (Å²) in [5.74, 6) is 0. The first kappa shape index (κ1) is 34.1. The first-order valence-electron chi connectivity index (χ1n) is 19.1. The highest BCUT2D eigenvalue weighted by molar-refractivity contribution is 5.95. The van der Waals surface area contributed by atoms with Crippen molar-refractivity contribution in [2.75, 3.05) is 0 Å². The van der Waals surface area contributed by atoms with Crippen molar-refractivity contribution in [3.63, 3.8) is 0 Å². The summed E-state index contributed by atoms with van der Waals surface area (Å²) in [5.41, 5.74) is 18.7. The average molecular weight is 733 g/mol. The summed E-state index contributed by atoms with van der Waals surface area (Å²) in [4.78, 5) is 32.1. The quantitative estimate of drug-likeness (QED) is 0.169. The van der Waals surface area contributed by atoms with E-state index in [0.29, 0.717) is 0 Å². The third-order valence-electron chi connectivity index (χ3n) is 10.7. The lowest BCUT2D eigenvalue weighted by molar-refractivity contribution is 1.26. The van der Waals surface area contributed by atoms with Gasteiger partial charge in [0, 0.05) is 33.4 Å². The maximum atomic E-state index is 5.39. The van der Waals surface area contributed by atoms with Gasteiger partial charge in [0.15, 0.2) is 0 Å². The number of benzene rings is 7. The van der Waals surface area contributed by atoms with Crippen LogP contribution in [0.3, 0.4) is 0 Å². The zero-order valence-electron chi connectivity index (χ0n) is 31.8. The van der Waals surface area contributed by atoms with Crippen molar-refractivity contribution in [2.45, 2.75) is 20.8 Å². The molecular formula is C51H36N6. The summed E-state index contributed by atoms with van der Waals surface area (Å²) >= 11 is 0. The topological polar surface area (TPSA) is 77.3 Å². The van der Waals surface area contributed by atoms with E-state index in [2.05, 4.69) is 112 Å². The van der Waals surface area contributed by atoms with Crippen LogP contribution in [0.25, 0.3) is 101 Å². The molecule has 270 valence electrons. The lowest BCUT2D eigenvalue weighted by atomic mass is 9.92. The van der Waals surface area contributed by atoms with Gasteiger partial charge in [-0.25, -0.2) is 29.9 Å². The van der Waals surface area contributed by atoms with Crippen molar-refractivity contribution in [3.05, 3.63) is 180 Å². The summed E-state index contributed by atoms with van der Waals surface area (Å²) in [5, 5.41) is 0. The van der Waals surface area contributed by atoms with Gasteiger partial charge < -0.3 is 0 Å². The van der Waals surface area contributed by atoms with E-state index in [4.69, 9.17) is 29.9 Å². The third kappa shape index (κ3) is 6.18. The van der Waals surface area contributed by atoms with Crippen molar-refractivity contribution in [1.29, 1.82) is 0 Å². The number of para-hydroxylation sites is 6. The fourth-order valence-corrected chi connectivity index (χ4v) is 7.72. The van der Waals surface area contributed by atoms with Crippen molar-refractivity contribution >= 4 is 33.1 Å². The maximum absolute atomic E-state index is 5.39. The van der Waals surface area contributed by atoms with Gasteiger partial charge in [0.1, 0.15) is 0 Å². The van der Waals surface area contributed by atoms with Crippen molar-refractivity contribution in [3.8, 4) is 67.5 Å². The third-order valence-corrected chi connectivity index (χ3v) is 10.7. The van der Waals surface area contributed by atoms with Crippen LogP contribution in [0.2, 0.25) is 0 Å². The Morgan fingerprint density at radius 3 is 0.702 bits per heavy atom. The molecule has 0 fully saturated rings. The van der Waals surface area contributed by atoms with Gasteiger partial charge in [-0.3, -0.25) is 0 Å². The summed E-state index contributed by atoms with van der Waals surface area (Å²) in [6.45, 7) is 6.36. The fraction of sp³-hybridized carbons (Fsp3) is 0.0588. The standard InChI is InChI=1S/C51H36N6/c1-31-16-4-7-19-37(31)49-46(52-40-22-10-13-25-43(40)55-49)34-28-35(47-50(38-20-8-5-17-32(38)2)56-44-26-14-11-23-41(44)53-47)30-36(29-34)48-51(39-21-9-6-18-33(39)3)57-45-27-15-12-24-42(45)54-48/h4-30H,1-3H3. The highest BCUT2D eigenvalue weighted by Gasteiger charge is 2.23. The monoisotopic (exact) mass is 732 g/mol. The minimum Gasteiger partial charge on any atom is -0.244 e. The SMILES string of the molecule is Cc1ccccc1-c1nc2ccccc2nc1-c1cc(-c2nc3ccccc3nc2-c2ccccc2C)cc(-c2nc3ccccc3nc2-c2ccccc2C)c1. The van der Waals surface area contributed by atoms with E-state index >= 15 is 0 Å². The number of aryl methyl sites for hydroxylation is 3. The Morgan fingerprint density at radius 2 is 0.456 bits per heavy atom. The van der Waals surface area contributed by atoms with Crippen LogP contribution in [0.4, 0.5) is 0 Å². The van der Waals surface area contributed by atoms with E-state index in [0.717, 1.165) is 117 Å². The van der Waals surface area contributed by atoms with Gasteiger partial charge in [-0.15, -0.1) is 0 Å². The molecule has 10 aromatic rings. The number of fused-ring (bicyclic) bond motifs is 3. The van der Waals surface area contributed by atoms with E-state index in [-0.39, 0.29) is 0 Å². The van der Waals surface area contributed by atoms with Gasteiger partial charge in [-0.2, -0.15) is 0 Å². The number of aromatic nitrogens is 6. The molecule has 0 aliphatic carbocycles. The van der Waals surface area contributed by atoms with Crippen molar-refractivity contribution in [1.82, 2.24) is 29.9 Å². The van der Waals surface area contributed by atoms with Crippen LogP contribution in [0.1, 0.15) is 16.7 Å². The summed E-state index contributed by atoms with van der Waals surface area (Å²) in [6.07, 6.45) is 0. The second-order valence-corrected chi connectivity index (χ2v) is 14.5. The normalized spacial score (nSPS) is 11.4. The molecule has 10 rings (SSSR count). The fourth-order valence-electron chi connectivity index (χ4n) is 7.72. The zero-order valence-corrected chi connectivity index (χ0v) is 31.8. The van der Waals surface area contributed by atoms with Gasteiger partial charge >= 0.3 is 0 Å². The van der Waals surface area contributed by atoms with Crippen LogP contribution in [0.5, 0.6) is 0 Å². The van der Waals surface area contributed by atoms with Crippen molar-refractivity contribution in [2.24, 2.45) is 0 Å². The molecule has 6 nitrogen and oxygen atoms in total. The number of hydrogen-bond donors (Lipinski definition) is 0. The van der Waals surface area contributed by atoms with Gasteiger partial charge in [-0.1, -0.05) is 109 Å². The van der Waals surface area contributed by atoms with E-state index in [1.807, 2.05) is 72.8 Å². The Balaban J connectivity index is 1.34. The lowest BCUT2D eigenvalue weighted by Crippen LogP contribution is -2.01. The largest absolute Gasteiger partial charge is 0.244 e. The molecule has 0 atom stereocenters. The number of rotatable bonds is 6. The molecule has 0 spiro atoms. The molecule has 0 aliphatic rings. The predicted octanol–water partition coefficient (Wildman–Crippen LogP) is 12.4. The molecular weight excluding hydrogens is 697 g/mol. The minimum absolute atomic E-state index is 0.767. The maximum Gasteiger partial charge on any atom is 0.0975 e. The summed E-state index contributed by atoms with van der Waals surface area (Å²) in [7, 11) is 0. The van der Waals surface area contributed by atoms with Crippen molar-refractivity contribution < 1.29 is 0 Å². The molecule has 57 heavy (non-hydrogen) atoms. The number of nitrogens with zero attached hydrogens (tertiary/aromatic N) is 6. The molecule has 0 bridgehead atoms. The minimum atomic E-state index is 0.767. The zero-order chi connectivity index (χ0) is 38.5. The van der Waals surface area contributed by atoms with E-state index < -0.39 is 0 Å². The van der Waals surface area contributed by atoms with Crippen LogP contribution in [-0.2, 0) is 0 Å². The van der Waals surface area contributed by atoms with Gasteiger partial charge in [0.2, 0.25) is 0 Å². The smallest absolute Gasteiger partial charge is 0.0975 e. The Bertz CT molecular complexity index is 2840. The molecule has 0 unspecified atom stereocenters. The number of hydrogen-bond acceptors (Lipinski definition) is 6. The molecule has 7 aromatic carbocycles. The van der Waals surface area contributed by atoms with Crippen LogP contribution in [-0.4, -0.2) is 29.9 Å². The molecule has 0 radical (unpaired) electrons. The molecule has 3 aromatic heterocycles. The van der Waals surface area contributed by atoms with Gasteiger partial charge in [0.05, 0.1) is 67.3 Å². The Labute approximate surface area is 330 Å². The molecule has 6 heteroatoms. The van der Waals surface area contributed by atoms with E-state index in [1.54, 1.807) is 0 Å². The highest BCUT2D eigenvalue weighted by Crippen LogP contribution is 2.42. The second kappa shape index (κ2) is 14.0. The average Bonchev–Trinajstić information content (AvgIpc) is 3.25. The van der Waals surface area contributed by atoms with E-state index in [9.17, 15) is 0 Å². The Hall–Kier alpha value is -7.44. The molecule has 0 saturated carbocycles. The van der Waals surface area contributed by atoms with Crippen LogP contribution in [0, 0.1) is 20.8 Å². The molecule has 3 heterocycles. The highest BCUT2D eigenvalue weighted by atomic mass is 14.9. The first-order valence-corrected chi connectivity index (χ1v) is 19.1. The molecule has 0 amide bonds. The summed E-state index contributed by atoms with van der Waals surface area (Å²) in [6, 6.07) is 55.8. The van der Waals surface area contributed by atoms with Crippen LogP contribution < -0.4 is 0 Å². The van der Waals surface area contributed by atoms with Gasteiger partial charge in [-0.05, 0) is 92.1 Å². The van der Waals surface area contributed by atoms with Gasteiger partial charge in [0.25, 0.3) is 0 Å². The van der Waals surface area contributed by atoms with Crippen LogP contribution >= 0.6 is 0 Å². The Kier molecular flexibility index (Phi) is 8.37. The molecule has 0 N–H and O–H groups in total.